The molecule has 27 heavy (non-hydrogen) atoms. The number of piperidine rings is 2. The van der Waals surface area contributed by atoms with E-state index in [0.29, 0.717) is 5.92 Å². The number of nitrogens with zero attached hydrogens (tertiary/aromatic N) is 2. The van der Waals surface area contributed by atoms with Gasteiger partial charge >= 0.3 is 0 Å². The van der Waals surface area contributed by atoms with Gasteiger partial charge in [-0.3, -0.25) is 4.79 Å². The van der Waals surface area contributed by atoms with E-state index in [9.17, 15) is 4.79 Å². The first-order valence-electron chi connectivity index (χ1n) is 10.5. The minimum Gasteiger partial charge on any atom is -0.329 e. The average molecular weight is 366 g/mol. The normalized spacial score (nSPS) is 20.7. The molecule has 4 rings (SSSR count). The van der Waals surface area contributed by atoms with E-state index in [0.717, 1.165) is 12.5 Å². The maximum absolute atomic E-state index is 11.5. The van der Waals surface area contributed by atoms with Crippen LogP contribution in [0.3, 0.4) is 0 Å². The van der Waals surface area contributed by atoms with E-state index in [4.69, 9.17) is 0 Å². The van der Waals surface area contributed by atoms with Crippen molar-refractivity contribution in [2.45, 2.75) is 44.1 Å². The number of aromatic nitrogens is 1. The number of H-pyrrole nitrogens is 1. The topological polar surface area (TPSA) is 39.3 Å². The summed E-state index contributed by atoms with van der Waals surface area (Å²) in [5.74, 6) is 0.550. The molecule has 2 aliphatic heterocycles. The molecule has 0 amide bonds. The summed E-state index contributed by atoms with van der Waals surface area (Å²) in [7, 11) is 0. The Labute approximate surface area is 162 Å². The third kappa shape index (κ3) is 4.88. The molecule has 2 aromatic rings. The van der Waals surface area contributed by atoms with Crippen LogP contribution in [-0.2, 0) is 6.42 Å². The highest BCUT2D eigenvalue weighted by molar-refractivity contribution is 5.17. The summed E-state index contributed by atoms with van der Waals surface area (Å²) < 4.78 is 0. The molecule has 0 aliphatic carbocycles. The third-order valence-corrected chi connectivity index (χ3v) is 6.43. The van der Waals surface area contributed by atoms with Crippen molar-refractivity contribution in [3.8, 4) is 0 Å². The summed E-state index contributed by atoms with van der Waals surface area (Å²) >= 11 is 0. The average Bonchev–Trinajstić information content (AvgIpc) is 2.74. The van der Waals surface area contributed by atoms with Crippen LogP contribution in [0.5, 0.6) is 0 Å². The number of rotatable bonds is 5. The molecule has 4 nitrogen and oxygen atoms in total. The van der Waals surface area contributed by atoms with Crippen molar-refractivity contribution in [3.63, 3.8) is 0 Å². The Bertz CT molecular complexity index is 756. The standard InChI is InChI=1S/C23H31N3O/c27-23-18-21(6-12-24-23)20-8-16-26(17-9-20)22-10-14-25(15-11-22)13-7-19-4-2-1-3-5-19/h1-6,12,18,20,22H,7-11,13-17H2,(H,24,27). The SMILES string of the molecule is O=c1cc(C2CCN(C3CCN(CCc4ccccc4)CC3)CC2)cc[nH]1. The van der Waals surface area contributed by atoms with Gasteiger partial charge in [0.2, 0.25) is 5.56 Å². The first kappa shape index (κ1) is 18.5. The van der Waals surface area contributed by atoms with Crippen molar-refractivity contribution in [1.29, 1.82) is 0 Å². The van der Waals surface area contributed by atoms with Crippen LogP contribution in [0.2, 0.25) is 0 Å². The van der Waals surface area contributed by atoms with E-state index < -0.39 is 0 Å². The van der Waals surface area contributed by atoms with E-state index in [1.165, 1.54) is 69.5 Å². The largest absolute Gasteiger partial charge is 0.329 e. The van der Waals surface area contributed by atoms with Crippen molar-refractivity contribution < 1.29 is 0 Å². The number of nitrogens with one attached hydrogen (secondary N) is 1. The van der Waals surface area contributed by atoms with Gasteiger partial charge in [0.25, 0.3) is 0 Å². The maximum Gasteiger partial charge on any atom is 0.248 e. The van der Waals surface area contributed by atoms with E-state index in [1.54, 1.807) is 12.3 Å². The van der Waals surface area contributed by atoms with E-state index in [-0.39, 0.29) is 5.56 Å². The highest BCUT2D eigenvalue weighted by Crippen LogP contribution is 2.29. The molecule has 0 unspecified atom stereocenters. The Balaban J connectivity index is 1.21. The molecule has 0 bridgehead atoms. The van der Waals surface area contributed by atoms with Gasteiger partial charge in [-0.2, -0.15) is 0 Å². The van der Waals surface area contributed by atoms with Crippen LogP contribution < -0.4 is 5.56 Å². The summed E-state index contributed by atoms with van der Waals surface area (Å²) in [6.07, 6.45) is 7.90. The minimum absolute atomic E-state index is 0.0257. The Morgan fingerprint density at radius 2 is 1.67 bits per heavy atom. The van der Waals surface area contributed by atoms with Gasteiger partial charge in [0, 0.05) is 24.8 Å². The van der Waals surface area contributed by atoms with Crippen LogP contribution in [0.4, 0.5) is 0 Å². The van der Waals surface area contributed by atoms with Crippen molar-refractivity contribution in [1.82, 2.24) is 14.8 Å². The van der Waals surface area contributed by atoms with Crippen LogP contribution in [0, 0.1) is 0 Å². The lowest BCUT2D eigenvalue weighted by Crippen LogP contribution is -2.47. The summed E-state index contributed by atoms with van der Waals surface area (Å²) in [5, 5.41) is 0. The van der Waals surface area contributed by atoms with Gasteiger partial charge in [0.05, 0.1) is 0 Å². The molecular weight excluding hydrogens is 334 g/mol. The van der Waals surface area contributed by atoms with Crippen molar-refractivity contribution >= 4 is 0 Å². The second-order valence-corrected chi connectivity index (χ2v) is 8.10. The number of aromatic amines is 1. The van der Waals surface area contributed by atoms with Gasteiger partial charge in [-0.25, -0.2) is 0 Å². The zero-order valence-electron chi connectivity index (χ0n) is 16.1. The van der Waals surface area contributed by atoms with E-state index >= 15 is 0 Å². The number of hydrogen-bond donors (Lipinski definition) is 1. The lowest BCUT2D eigenvalue weighted by atomic mass is 9.88. The lowest BCUT2D eigenvalue weighted by Gasteiger charge is -2.42. The molecular formula is C23H31N3O. The molecule has 1 N–H and O–H groups in total. The zero-order valence-corrected chi connectivity index (χ0v) is 16.1. The van der Waals surface area contributed by atoms with Gasteiger partial charge in [0.1, 0.15) is 0 Å². The second-order valence-electron chi connectivity index (χ2n) is 8.10. The zero-order chi connectivity index (χ0) is 18.5. The molecule has 2 fully saturated rings. The summed E-state index contributed by atoms with van der Waals surface area (Å²) in [6.45, 7) is 5.98. The molecule has 1 aromatic carbocycles. The second kappa shape index (κ2) is 8.85. The quantitative estimate of drug-likeness (QED) is 0.884. The predicted molar refractivity (Wildman–Crippen MR) is 110 cm³/mol. The van der Waals surface area contributed by atoms with Crippen molar-refractivity contribution in [2.75, 3.05) is 32.7 Å². The van der Waals surface area contributed by atoms with Crippen LogP contribution in [0.25, 0.3) is 0 Å². The fraction of sp³-hybridized carbons (Fsp3) is 0.522. The fourth-order valence-corrected chi connectivity index (χ4v) is 4.75. The predicted octanol–water partition coefficient (Wildman–Crippen LogP) is 3.26. The fourth-order valence-electron chi connectivity index (χ4n) is 4.75. The number of likely N-dealkylation sites (tertiary alicyclic amines) is 2. The Hall–Kier alpha value is -1.91. The van der Waals surface area contributed by atoms with Gasteiger partial charge < -0.3 is 14.8 Å². The van der Waals surface area contributed by atoms with Crippen molar-refractivity contribution in [3.05, 3.63) is 70.1 Å². The summed E-state index contributed by atoms with van der Waals surface area (Å²) in [5.41, 5.74) is 2.69. The van der Waals surface area contributed by atoms with Gasteiger partial charge in [-0.05, 0) is 81.4 Å². The monoisotopic (exact) mass is 365 g/mol. The number of benzene rings is 1. The van der Waals surface area contributed by atoms with Crippen LogP contribution >= 0.6 is 0 Å². The van der Waals surface area contributed by atoms with E-state index in [1.807, 2.05) is 0 Å². The van der Waals surface area contributed by atoms with E-state index in [2.05, 4.69) is 51.2 Å². The first-order valence-corrected chi connectivity index (χ1v) is 10.5. The van der Waals surface area contributed by atoms with Crippen LogP contribution in [0.15, 0.2) is 53.5 Å². The Morgan fingerprint density at radius 3 is 2.37 bits per heavy atom. The van der Waals surface area contributed by atoms with Gasteiger partial charge in [-0.1, -0.05) is 30.3 Å². The molecule has 2 aliphatic rings. The van der Waals surface area contributed by atoms with Crippen LogP contribution in [0.1, 0.15) is 42.7 Å². The summed E-state index contributed by atoms with van der Waals surface area (Å²) in [6, 6.07) is 15.4. The number of pyridine rings is 1. The van der Waals surface area contributed by atoms with Crippen molar-refractivity contribution in [2.24, 2.45) is 0 Å². The Kier molecular flexibility index (Phi) is 6.05. The van der Waals surface area contributed by atoms with Gasteiger partial charge in [-0.15, -0.1) is 0 Å². The number of hydrogen-bond acceptors (Lipinski definition) is 3. The third-order valence-electron chi connectivity index (χ3n) is 6.43. The molecule has 144 valence electrons. The highest BCUT2D eigenvalue weighted by Gasteiger charge is 2.28. The summed E-state index contributed by atoms with van der Waals surface area (Å²) in [4.78, 5) is 19.6. The molecule has 4 heteroatoms. The maximum atomic E-state index is 11.5. The molecule has 0 radical (unpaired) electrons. The smallest absolute Gasteiger partial charge is 0.248 e. The lowest BCUT2D eigenvalue weighted by molar-refractivity contribution is 0.0878. The molecule has 1 aromatic heterocycles. The Morgan fingerprint density at radius 1 is 0.926 bits per heavy atom. The minimum atomic E-state index is 0.0257. The first-order chi connectivity index (χ1) is 13.3. The van der Waals surface area contributed by atoms with Crippen LogP contribution in [-0.4, -0.2) is 53.5 Å². The highest BCUT2D eigenvalue weighted by atomic mass is 16.1. The van der Waals surface area contributed by atoms with Gasteiger partial charge in [0.15, 0.2) is 0 Å². The molecule has 3 heterocycles. The molecule has 0 atom stereocenters. The molecule has 0 spiro atoms. The molecule has 2 saturated heterocycles. The molecule has 0 saturated carbocycles.